The number of nitro groups is 1. The maximum Gasteiger partial charge on any atom is 0.269 e. The lowest BCUT2D eigenvalue weighted by Gasteiger charge is -2.25. The molecule has 8 nitrogen and oxygen atoms in total. The summed E-state index contributed by atoms with van der Waals surface area (Å²) in [5.74, 6) is 2.07. The predicted molar refractivity (Wildman–Crippen MR) is 104 cm³/mol. The fourth-order valence-corrected chi connectivity index (χ4v) is 3.91. The van der Waals surface area contributed by atoms with Crippen molar-refractivity contribution in [3.05, 3.63) is 70.0 Å². The number of ether oxygens (including phenoxy) is 2. The summed E-state index contributed by atoms with van der Waals surface area (Å²) in [6.07, 6.45) is -0.352. The highest BCUT2D eigenvalue weighted by Crippen LogP contribution is 2.38. The van der Waals surface area contributed by atoms with Crippen LogP contribution in [0.4, 0.5) is 5.69 Å². The first-order chi connectivity index (χ1) is 13.5. The fourth-order valence-electron chi connectivity index (χ4n) is 2.97. The molecule has 1 aliphatic rings. The van der Waals surface area contributed by atoms with E-state index in [1.165, 1.54) is 17.8 Å². The van der Waals surface area contributed by atoms with Gasteiger partial charge in [-0.3, -0.25) is 10.1 Å². The van der Waals surface area contributed by atoms with Gasteiger partial charge in [-0.05, 0) is 24.6 Å². The number of para-hydroxylation sites is 2. The normalized spacial score (nSPS) is 16.6. The van der Waals surface area contributed by atoms with E-state index in [0.29, 0.717) is 23.3 Å². The fraction of sp³-hybridized carbons (Fsp3) is 0.263. The number of aromatic nitrogens is 3. The van der Waals surface area contributed by atoms with Crippen LogP contribution >= 0.6 is 11.8 Å². The van der Waals surface area contributed by atoms with Crippen molar-refractivity contribution in [3.8, 4) is 11.5 Å². The summed E-state index contributed by atoms with van der Waals surface area (Å²) in [5, 5.41) is 20.2. The highest BCUT2D eigenvalue weighted by Gasteiger charge is 2.28. The molecule has 4 rings (SSSR count). The molecule has 0 spiro atoms. The second kappa shape index (κ2) is 7.51. The largest absolute Gasteiger partial charge is 0.485 e. The first kappa shape index (κ1) is 18.3. The van der Waals surface area contributed by atoms with E-state index in [4.69, 9.17) is 9.47 Å². The van der Waals surface area contributed by atoms with Gasteiger partial charge in [0, 0.05) is 24.4 Å². The molecule has 2 heterocycles. The Hall–Kier alpha value is -3.07. The van der Waals surface area contributed by atoms with Crippen molar-refractivity contribution >= 4 is 17.4 Å². The summed E-state index contributed by atoms with van der Waals surface area (Å²) >= 11 is 1.48. The lowest BCUT2D eigenvalue weighted by molar-refractivity contribution is -0.384. The van der Waals surface area contributed by atoms with E-state index in [0.717, 1.165) is 11.3 Å². The summed E-state index contributed by atoms with van der Waals surface area (Å²) in [4.78, 5) is 10.6. The molecule has 28 heavy (non-hydrogen) atoms. The van der Waals surface area contributed by atoms with Crippen LogP contribution in [0.2, 0.25) is 0 Å². The van der Waals surface area contributed by atoms with Gasteiger partial charge in [-0.2, -0.15) is 0 Å². The molecule has 0 bridgehead atoms. The van der Waals surface area contributed by atoms with Gasteiger partial charge in [-0.25, -0.2) is 0 Å². The van der Waals surface area contributed by atoms with Gasteiger partial charge in [-0.1, -0.05) is 36.0 Å². The highest BCUT2D eigenvalue weighted by atomic mass is 32.2. The van der Waals surface area contributed by atoms with Crippen LogP contribution in [0.1, 0.15) is 29.7 Å². The van der Waals surface area contributed by atoms with E-state index in [1.54, 1.807) is 12.1 Å². The molecule has 0 fully saturated rings. The lowest BCUT2D eigenvalue weighted by Crippen LogP contribution is -2.24. The number of non-ortho nitro benzene ring substituents is 1. The van der Waals surface area contributed by atoms with E-state index in [1.807, 2.05) is 48.9 Å². The zero-order chi connectivity index (χ0) is 19.7. The minimum atomic E-state index is -0.389. The van der Waals surface area contributed by atoms with Crippen molar-refractivity contribution in [2.75, 3.05) is 6.61 Å². The van der Waals surface area contributed by atoms with E-state index in [2.05, 4.69) is 10.2 Å². The second-order valence-electron chi connectivity index (χ2n) is 6.38. The Morgan fingerprint density at radius 3 is 2.79 bits per heavy atom. The molecule has 0 aliphatic carbocycles. The maximum absolute atomic E-state index is 11.0. The number of nitro benzene ring substituents is 1. The van der Waals surface area contributed by atoms with Gasteiger partial charge in [0.05, 0.1) is 4.92 Å². The summed E-state index contributed by atoms with van der Waals surface area (Å²) in [5.41, 5.74) is 0.935. The number of benzene rings is 2. The Kier molecular flexibility index (Phi) is 4.91. The van der Waals surface area contributed by atoms with Gasteiger partial charge < -0.3 is 14.0 Å². The van der Waals surface area contributed by atoms with Crippen molar-refractivity contribution in [1.82, 2.24) is 14.8 Å². The molecule has 0 saturated carbocycles. The molecule has 1 aliphatic heterocycles. The van der Waals surface area contributed by atoms with E-state index in [-0.39, 0.29) is 22.0 Å². The first-order valence-electron chi connectivity index (χ1n) is 8.71. The SMILES string of the molecule is CC(Sc1nnc(C2COc3ccccc3O2)n1C)c1cccc([N+](=O)[O-])c1. The molecule has 2 atom stereocenters. The van der Waals surface area contributed by atoms with Gasteiger partial charge in [-0.15, -0.1) is 10.2 Å². The number of fused-ring (bicyclic) bond motifs is 1. The van der Waals surface area contributed by atoms with Gasteiger partial charge in [0.15, 0.2) is 28.6 Å². The van der Waals surface area contributed by atoms with Gasteiger partial charge in [0.2, 0.25) is 0 Å². The quantitative estimate of drug-likeness (QED) is 0.363. The van der Waals surface area contributed by atoms with Crippen LogP contribution in [0, 0.1) is 10.1 Å². The van der Waals surface area contributed by atoms with Crippen LogP contribution in [-0.4, -0.2) is 26.3 Å². The molecule has 3 aromatic rings. The van der Waals surface area contributed by atoms with Crippen LogP contribution in [0.15, 0.2) is 53.7 Å². The number of rotatable bonds is 5. The molecule has 0 N–H and O–H groups in total. The minimum absolute atomic E-state index is 0.0279. The zero-order valence-electron chi connectivity index (χ0n) is 15.3. The molecular formula is C19H18N4O4S. The van der Waals surface area contributed by atoms with E-state index >= 15 is 0 Å². The number of thioether (sulfide) groups is 1. The van der Waals surface area contributed by atoms with Crippen LogP contribution in [0.5, 0.6) is 11.5 Å². The van der Waals surface area contributed by atoms with Crippen LogP contribution < -0.4 is 9.47 Å². The third kappa shape index (κ3) is 3.53. The van der Waals surface area contributed by atoms with E-state index < -0.39 is 0 Å². The Morgan fingerprint density at radius 2 is 2.00 bits per heavy atom. The van der Waals surface area contributed by atoms with Crippen LogP contribution in [-0.2, 0) is 7.05 Å². The van der Waals surface area contributed by atoms with Gasteiger partial charge in [0.1, 0.15) is 6.61 Å². The van der Waals surface area contributed by atoms with Gasteiger partial charge in [0.25, 0.3) is 5.69 Å². The number of hydrogen-bond acceptors (Lipinski definition) is 7. The maximum atomic E-state index is 11.0. The lowest BCUT2D eigenvalue weighted by atomic mass is 10.1. The molecular weight excluding hydrogens is 380 g/mol. The standard InChI is InChI=1S/C19H18N4O4S/c1-12(13-6-5-7-14(10-13)23(24)25)28-19-21-20-18(22(19)2)17-11-26-15-8-3-4-9-16(15)27-17/h3-10,12,17H,11H2,1-2H3. The van der Waals surface area contributed by atoms with Crippen LogP contribution in [0.3, 0.4) is 0 Å². The molecule has 2 unspecified atom stereocenters. The minimum Gasteiger partial charge on any atom is -0.485 e. The summed E-state index contributed by atoms with van der Waals surface area (Å²) in [6.45, 7) is 2.34. The molecule has 0 amide bonds. The van der Waals surface area contributed by atoms with Crippen LogP contribution in [0.25, 0.3) is 0 Å². The summed E-state index contributed by atoms with van der Waals surface area (Å²) in [6, 6.07) is 14.2. The topological polar surface area (TPSA) is 92.3 Å². The molecule has 1 aromatic heterocycles. The van der Waals surface area contributed by atoms with E-state index in [9.17, 15) is 10.1 Å². The third-order valence-corrected chi connectivity index (χ3v) is 5.69. The predicted octanol–water partition coefficient (Wildman–Crippen LogP) is 4.09. The first-order valence-corrected chi connectivity index (χ1v) is 9.59. The molecule has 144 valence electrons. The smallest absolute Gasteiger partial charge is 0.269 e. The average Bonchev–Trinajstić information content (AvgIpc) is 3.08. The van der Waals surface area contributed by atoms with Crippen molar-refractivity contribution < 1.29 is 14.4 Å². The Labute approximate surface area is 165 Å². The van der Waals surface area contributed by atoms with Gasteiger partial charge >= 0.3 is 0 Å². The van der Waals surface area contributed by atoms with Crippen molar-refractivity contribution in [2.45, 2.75) is 23.4 Å². The Morgan fingerprint density at radius 1 is 1.21 bits per heavy atom. The monoisotopic (exact) mass is 398 g/mol. The Bertz CT molecular complexity index is 1020. The molecule has 9 heteroatoms. The summed E-state index contributed by atoms with van der Waals surface area (Å²) < 4.78 is 13.7. The average molecular weight is 398 g/mol. The second-order valence-corrected chi connectivity index (χ2v) is 7.68. The number of nitrogens with zero attached hydrogens (tertiary/aromatic N) is 4. The third-order valence-electron chi connectivity index (χ3n) is 4.50. The van der Waals surface area contributed by atoms with Crippen molar-refractivity contribution in [3.63, 3.8) is 0 Å². The zero-order valence-corrected chi connectivity index (χ0v) is 16.1. The van der Waals surface area contributed by atoms with Crippen molar-refractivity contribution in [2.24, 2.45) is 7.05 Å². The van der Waals surface area contributed by atoms with Crippen molar-refractivity contribution in [1.29, 1.82) is 0 Å². The molecule has 0 saturated heterocycles. The molecule has 0 radical (unpaired) electrons. The summed E-state index contributed by atoms with van der Waals surface area (Å²) in [7, 11) is 1.88. The Balaban J connectivity index is 1.51. The number of hydrogen-bond donors (Lipinski definition) is 0. The highest BCUT2D eigenvalue weighted by molar-refractivity contribution is 7.99. The molecule has 2 aromatic carbocycles.